The van der Waals surface area contributed by atoms with E-state index in [0.29, 0.717) is 12.8 Å². The molecule has 0 heterocycles. The van der Waals surface area contributed by atoms with Crippen molar-refractivity contribution in [1.29, 1.82) is 0 Å². The highest BCUT2D eigenvalue weighted by atomic mass is 31.2. The zero-order valence-corrected chi connectivity index (χ0v) is 32.2. The smallest absolute Gasteiger partial charge is 0.462 e. The lowest BCUT2D eigenvalue weighted by atomic mass is 10.0. The molecule has 49 heavy (non-hydrogen) atoms. The van der Waals surface area contributed by atoms with E-state index in [4.69, 9.17) is 19.3 Å². The lowest BCUT2D eigenvalue weighted by molar-refractivity contribution is -0.161. The van der Waals surface area contributed by atoms with Gasteiger partial charge in [-0.1, -0.05) is 159 Å². The molecule has 0 rings (SSSR count). The number of allylic oxidation sites excluding steroid dienone is 6. The third-order valence-electron chi connectivity index (χ3n) is 8.41. The van der Waals surface area contributed by atoms with Gasteiger partial charge in [0, 0.05) is 12.8 Å². The molecule has 0 saturated heterocycles. The Morgan fingerprint density at radius 3 is 1.41 bits per heavy atom. The summed E-state index contributed by atoms with van der Waals surface area (Å²) in [6, 6.07) is 0. The Bertz CT molecular complexity index is 895. The molecule has 8 nitrogen and oxygen atoms in total. The van der Waals surface area contributed by atoms with E-state index in [-0.39, 0.29) is 19.4 Å². The van der Waals surface area contributed by atoms with E-state index in [2.05, 4.69) is 54.8 Å². The molecule has 0 radical (unpaired) electrons. The monoisotopic (exact) mass is 713 g/mol. The van der Waals surface area contributed by atoms with Gasteiger partial charge in [-0.15, -0.1) is 0 Å². The van der Waals surface area contributed by atoms with Gasteiger partial charge in [-0.05, 0) is 51.4 Å². The zero-order chi connectivity index (χ0) is 36.1. The fraction of sp³-hybridized carbons (Fsp3) is 0.800. The van der Waals surface area contributed by atoms with E-state index in [1.807, 2.05) is 0 Å². The Kier molecular flexibility index (Phi) is 34.8. The van der Waals surface area contributed by atoms with E-state index in [9.17, 15) is 14.2 Å². The number of phosphoric ester groups is 1. The molecule has 0 aliphatic rings. The lowest BCUT2D eigenvalue weighted by Crippen LogP contribution is -2.29. The van der Waals surface area contributed by atoms with Crippen LogP contribution in [0.1, 0.15) is 187 Å². The van der Waals surface area contributed by atoms with Gasteiger partial charge in [0.25, 0.3) is 0 Å². The first-order valence-corrected chi connectivity index (χ1v) is 21.3. The standard InChI is InChI=1S/C40H73O8P/c1-3-5-7-9-11-13-15-17-19-20-21-23-24-26-28-30-32-34-39(41)46-36-38(37-47-49(43,44)45)48-40(42)35-33-31-29-27-25-22-18-16-14-12-10-8-6-4-2/h11,13,17,19,21,23,38H,3-10,12,14-16,18,20,22,24-37H2,1-2H3,(H2,43,44,45)/b13-11+,19-17+,23-21+/t38-/m1/s1. The number of hydrogen-bond acceptors (Lipinski definition) is 6. The maximum atomic E-state index is 12.4. The first kappa shape index (κ1) is 47.3. The fourth-order valence-corrected chi connectivity index (χ4v) is 5.80. The van der Waals surface area contributed by atoms with Gasteiger partial charge in [-0.25, -0.2) is 4.57 Å². The number of carbonyl (C=O) groups excluding carboxylic acids is 2. The summed E-state index contributed by atoms with van der Waals surface area (Å²) in [6.45, 7) is 3.64. The molecule has 286 valence electrons. The van der Waals surface area contributed by atoms with Gasteiger partial charge in [0.2, 0.25) is 0 Å². The first-order valence-electron chi connectivity index (χ1n) is 19.8. The maximum absolute atomic E-state index is 12.4. The largest absolute Gasteiger partial charge is 0.469 e. The molecular formula is C40H73O8P. The molecule has 0 aromatic rings. The highest BCUT2D eigenvalue weighted by molar-refractivity contribution is 7.46. The molecule has 9 heteroatoms. The molecule has 0 amide bonds. The second-order valence-electron chi connectivity index (χ2n) is 13.3. The Labute approximate surface area is 300 Å². The third kappa shape index (κ3) is 38.9. The van der Waals surface area contributed by atoms with Crippen molar-refractivity contribution >= 4 is 19.8 Å². The van der Waals surface area contributed by atoms with E-state index in [1.54, 1.807) is 0 Å². The second-order valence-corrected chi connectivity index (χ2v) is 14.5. The molecular weight excluding hydrogens is 639 g/mol. The normalized spacial score (nSPS) is 12.8. The van der Waals surface area contributed by atoms with Crippen LogP contribution in [0, 0.1) is 0 Å². The van der Waals surface area contributed by atoms with E-state index >= 15 is 0 Å². The summed E-state index contributed by atoms with van der Waals surface area (Å²) < 4.78 is 26.3. The number of ether oxygens (including phenoxy) is 2. The van der Waals surface area contributed by atoms with E-state index < -0.39 is 32.5 Å². The third-order valence-corrected chi connectivity index (χ3v) is 8.90. The molecule has 0 unspecified atom stereocenters. The van der Waals surface area contributed by atoms with Crippen LogP contribution in [-0.4, -0.2) is 41.0 Å². The van der Waals surface area contributed by atoms with Gasteiger partial charge in [0.15, 0.2) is 6.10 Å². The SMILES string of the molecule is CCCCC/C=C/C/C=C/C/C=C/CCCCCCC(=O)OC[C@H](COP(=O)(O)O)OC(=O)CCCCCCCCCCCCCCCC. The molecule has 0 aromatic heterocycles. The molecule has 0 saturated carbocycles. The van der Waals surface area contributed by atoms with Crippen molar-refractivity contribution in [2.75, 3.05) is 13.2 Å². The topological polar surface area (TPSA) is 119 Å². The highest BCUT2D eigenvalue weighted by Gasteiger charge is 2.22. The van der Waals surface area contributed by atoms with Crippen LogP contribution < -0.4 is 0 Å². The minimum absolute atomic E-state index is 0.209. The van der Waals surface area contributed by atoms with Crippen molar-refractivity contribution in [2.45, 2.75) is 193 Å². The van der Waals surface area contributed by atoms with Crippen molar-refractivity contribution in [3.63, 3.8) is 0 Å². The van der Waals surface area contributed by atoms with Gasteiger partial charge in [0.1, 0.15) is 6.61 Å². The molecule has 0 aromatic carbocycles. The lowest BCUT2D eigenvalue weighted by Gasteiger charge is -2.18. The minimum atomic E-state index is -4.75. The molecule has 1 atom stereocenters. The van der Waals surface area contributed by atoms with Crippen LogP contribution in [0.5, 0.6) is 0 Å². The predicted octanol–water partition coefficient (Wildman–Crippen LogP) is 11.8. The second kappa shape index (κ2) is 36.1. The maximum Gasteiger partial charge on any atom is 0.469 e. The predicted molar refractivity (Wildman–Crippen MR) is 202 cm³/mol. The summed E-state index contributed by atoms with van der Waals surface area (Å²) in [7, 11) is -4.75. The number of carbonyl (C=O) groups is 2. The van der Waals surface area contributed by atoms with Crippen LogP contribution >= 0.6 is 7.82 Å². The summed E-state index contributed by atoms with van der Waals surface area (Å²) >= 11 is 0. The van der Waals surface area contributed by atoms with Gasteiger partial charge < -0.3 is 19.3 Å². The fourth-order valence-electron chi connectivity index (χ4n) is 5.44. The van der Waals surface area contributed by atoms with Gasteiger partial charge in [-0.3, -0.25) is 14.1 Å². The van der Waals surface area contributed by atoms with Crippen molar-refractivity contribution in [3.05, 3.63) is 36.5 Å². The summed E-state index contributed by atoms with van der Waals surface area (Å²) in [4.78, 5) is 42.7. The van der Waals surface area contributed by atoms with Gasteiger partial charge in [0.05, 0.1) is 6.61 Å². The van der Waals surface area contributed by atoms with E-state index in [1.165, 1.54) is 89.9 Å². The number of rotatable bonds is 36. The number of hydrogen-bond donors (Lipinski definition) is 2. The Hall–Kier alpha value is -1.73. The Morgan fingerprint density at radius 2 is 0.918 bits per heavy atom. The zero-order valence-electron chi connectivity index (χ0n) is 31.3. The molecule has 0 fully saturated rings. The molecule has 2 N–H and O–H groups in total. The van der Waals surface area contributed by atoms with Crippen molar-refractivity contribution in [3.8, 4) is 0 Å². The van der Waals surface area contributed by atoms with Gasteiger partial charge in [-0.2, -0.15) is 0 Å². The molecule has 0 bridgehead atoms. The average molecular weight is 713 g/mol. The van der Waals surface area contributed by atoms with Crippen LogP contribution in [0.3, 0.4) is 0 Å². The van der Waals surface area contributed by atoms with Crippen LogP contribution in [-0.2, 0) is 28.2 Å². The summed E-state index contributed by atoms with van der Waals surface area (Å²) in [5.74, 6) is -0.906. The van der Waals surface area contributed by atoms with Gasteiger partial charge >= 0.3 is 19.8 Å². The van der Waals surface area contributed by atoms with Crippen LogP contribution in [0.15, 0.2) is 36.5 Å². The van der Waals surface area contributed by atoms with Crippen molar-refractivity contribution in [2.24, 2.45) is 0 Å². The molecule has 0 spiro atoms. The highest BCUT2D eigenvalue weighted by Crippen LogP contribution is 2.36. The van der Waals surface area contributed by atoms with Crippen molar-refractivity contribution < 1.29 is 37.9 Å². The quantitative estimate of drug-likeness (QED) is 0.0285. The van der Waals surface area contributed by atoms with Crippen LogP contribution in [0.4, 0.5) is 0 Å². The summed E-state index contributed by atoms with van der Waals surface area (Å²) in [6.07, 6.45) is 41.4. The summed E-state index contributed by atoms with van der Waals surface area (Å²) in [5.41, 5.74) is 0. The van der Waals surface area contributed by atoms with Crippen LogP contribution in [0.2, 0.25) is 0 Å². The first-order chi connectivity index (χ1) is 23.8. The molecule has 0 aliphatic carbocycles. The average Bonchev–Trinajstić information content (AvgIpc) is 3.07. The number of unbranched alkanes of at least 4 members (excludes halogenated alkanes) is 20. The Morgan fingerprint density at radius 1 is 0.531 bits per heavy atom. The Balaban J connectivity index is 3.98. The van der Waals surface area contributed by atoms with Crippen LogP contribution in [0.25, 0.3) is 0 Å². The number of phosphoric acid groups is 1. The minimum Gasteiger partial charge on any atom is -0.462 e. The van der Waals surface area contributed by atoms with E-state index in [0.717, 1.165) is 57.8 Å². The van der Waals surface area contributed by atoms with Crippen molar-refractivity contribution in [1.82, 2.24) is 0 Å². The summed E-state index contributed by atoms with van der Waals surface area (Å²) in [5, 5.41) is 0. The number of esters is 2. The molecule has 0 aliphatic heterocycles.